The number of hydrogen-bond acceptors (Lipinski definition) is 6. The molecule has 124 valence electrons. The Morgan fingerprint density at radius 1 is 1.27 bits per heavy atom. The van der Waals surface area contributed by atoms with E-state index in [9.17, 15) is 0 Å². The van der Waals surface area contributed by atoms with Gasteiger partial charge in [0.05, 0.1) is 5.92 Å². The lowest BCUT2D eigenvalue weighted by Gasteiger charge is -2.36. The molecule has 0 aromatic carbocycles. The number of likely N-dealkylation sites (tertiary alicyclic amines) is 1. The van der Waals surface area contributed by atoms with Crippen molar-refractivity contribution >= 4 is 23.5 Å². The highest BCUT2D eigenvalue weighted by Gasteiger charge is 2.30. The molecule has 0 radical (unpaired) electrons. The lowest BCUT2D eigenvalue weighted by Crippen LogP contribution is -2.44. The molecule has 4 nitrogen and oxygen atoms in total. The fraction of sp³-hybridized carbons (Fsp3) is 0.875. The summed E-state index contributed by atoms with van der Waals surface area (Å²) in [7, 11) is 0. The normalized spacial score (nSPS) is 25.5. The van der Waals surface area contributed by atoms with E-state index in [-0.39, 0.29) is 0 Å². The molecular formula is C16H27N3OS2. The fourth-order valence-electron chi connectivity index (χ4n) is 3.24. The lowest BCUT2D eigenvalue weighted by atomic mass is 9.97. The Bertz CT molecular complexity index is 458. The van der Waals surface area contributed by atoms with Gasteiger partial charge in [-0.3, -0.25) is 4.90 Å². The van der Waals surface area contributed by atoms with Crippen molar-refractivity contribution in [2.75, 3.05) is 36.1 Å². The Balaban J connectivity index is 1.61. The Kier molecular flexibility index (Phi) is 6.10. The Labute approximate surface area is 142 Å². The minimum absolute atomic E-state index is 0.431. The average Bonchev–Trinajstić information content (AvgIpc) is 2.80. The molecule has 3 rings (SSSR count). The van der Waals surface area contributed by atoms with Gasteiger partial charge >= 0.3 is 0 Å². The first-order valence-electron chi connectivity index (χ1n) is 8.44. The number of nitrogens with zero attached hydrogens (tertiary/aromatic N) is 3. The van der Waals surface area contributed by atoms with Gasteiger partial charge in [-0.2, -0.15) is 28.5 Å². The second-order valence-corrected chi connectivity index (χ2v) is 9.08. The zero-order valence-corrected chi connectivity index (χ0v) is 15.3. The molecule has 0 N–H and O–H groups in total. The van der Waals surface area contributed by atoms with Gasteiger partial charge < -0.3 is 4.52 Å². The van der Waals surface area contributed by atoms with E-state index in [1.807, 2.05) is 0 Å². The minimum Gasteiger partial charge on any atom is -0.339 e. The van der Waals surface area contributed by atoms with Crippen LogP contribution in [0.3, 0.4) is 0 Å². The van der Waals surface area contributed by atoms with Gasteiger partial charge in [-0.1, -0.05) is 19.0 Å². The summed E-state index contributed by atoms with van der Waals surface area (Å²) < 4.78 is 5.57. The number of thioether (sulfide) groups is 2. The molecule has 2 fully saturated rings. The molecule has 2 saturated heterocycles. The molecule has 6 heteroatoms. The number of aromatic nitrogens is 2. The molecular weight excluding hydrogens is 314 g/mol. The summed E-state index contributed by atoms with van der Waals surface area (Å²) in [4.78, 5) is 7.33. The molecule has 0 saturated carbocycles. The fourth-order valence-corrected chi connectivity index (χ4v) is 5.86. The molecule has 0 spiro atoms. The topological polar surface area (TPSA) is 42.2 Å². The van der Waals surface area contributed by atoms with Gasteiger partial charge in [0, 0.05) is 42.0 Å². The molecule has 0 amide bonds. The van der Waals surface area contributed by atoms with Gasteiger partial charge in [0.25, 0.3) is 0 Å². The zero-order chi connectivity index (χ0) is 15.4. The van der Waals surface area contributed by atoms with E-state index in [1.165, 1.54) is 42.4 Å². The van der Waals surface area contributed by atoms with E-state index in [2.05, 4.69) is 52.4 Å². The van der Waals surface area contributed by atoms with E-state index in [0.717, 1.165) is 30.7 Å². The predicted molar refractivity (Wildman–Crippen MR) is 94.8 cm³/mol. The molecule has 1 atom stereocenters. The van der Waals surface area contributed by atoms with Crippen LogP contribution in [0.4, 0.5) is 0 Å². The highest BCUT2D eigenvalue weighted by molar-refractivity contribution is 8.03. The van der Waals surface area contributed by atoms with Crippen LogP contribution in [0.1, 0.15) is 44.3 Å². The monoisotopic (exact) mass is 341 g/mol. The second kappa shape index (κ2) is 8.06. The molecule has 1 aromatic heterocycles. The molecule has 0 unspecified atom stereocenters. The first-order chi connectivity index (χ1) is 10.7. The molecule has 0 aliphatic carbocycles. The summed E-state index contributed by atoms with van der Waals surface area (Å²) in [6.07, 6.45) is 3.35. The largest absolute Gasteiger partial charge is 0.339 e. The molecule has 0 bridgehead atoms. The maximum Gasteiger partial charge on any atom is 0.231 e. The summed E-state index contributed by atoms with van der Waals surface area (Å²) in [5.74, 6) is 7.93. The van der Waals surface area contributed by atoms with Crippen molar-refractivity contribution < 1.29 is 4.52 Å². The SMILES string of the molecule is CC(C)Cc1noc([C@@H]2CCCN(C3CSCCSC3)C2)n1. The Hall–Kier alpha value is -0.200. The van der Waals surface area contributed by atoms with Crippen LogP contribution in [0.2, 0.25) is 0 Å². The number of piperidine rings is 1. The smallest absolute Gasteiger partial charge is 0.231 e. The zero-order valence-electron chi connectivity index (χ0n) is 13.7. The highest BCUT2D eigenvalue weighted by Crippen LogP contribution is 2.29. The van der Waals surface area contributed by atoms with Gasteiger partial charge in [-0.15, -0.1) is 0 Å². The van der Waals surface area contributed by atoms with Crippen molar-refractivity contribution in [3.05, 3.63) is 11.7 Å². The van der Waals surface area contributed by atoms with Crippen LogP contribution in [-0.4, -0.2) is 57.2 Å². The van der Waals surface area contributed by atoms with Gasteiger partial charge in [0.15, 0.2) is 5.82 Å². The van der Waals surface area contributed by atoms with Crippen molar-refractivity contribution in [3.8, 4) is 0 Å². The summed E-state index contributed by atoms with van der Waals surface area (Å²) in [6.45, 7) is 6.71. The standard InChI is InChI=1S/C16H27N3OS2/c1-12(2)8-15-17-16(20-18-15)13-4-3-5-19(9-13)14-10-21-6-7-22-11-14/h12-14H,3-11H2,1-2H3/t13-/m1/s1. The lowest BCUT2D eigenvalue weighted by molar-refractivity contribution is 0.157. The van der Waals surface area contributed by atoms with Crippen LogP contribution in [-0.2, 0) is 6.42 Å². The number of rotatable bonds is 4. The third-order valence-corrected chi connectivity index (χ3v) is 6.87. The Morgan fingerprint density at radius 3 is 2.77 bits per heavy atom. The van der Waals surface area contributed by atoms with Crippen LogP contribution >= 0.6 is 23.5 Å². The maximum atomic E-state index is 5.57. The molecule has 2 aliphatic rings. The van der Waals surface area contributed by atoms with Gasteiger partial charge in [0.2, 0.25) is 5.89 Å². The predicted octanol–water partition coefficient (Wildman–Crippen LogP) is 3.30. The summed E-state index contributed by atoms with van der Waals surface area (Å²) >= 11 is 4.22. The summed E-state index contributed by atoms with van der Waals surface area (Å²) in [5.41, 5.74) is 0. The average molecular weight is 342 g/mol. The van der Waals surface area contributed by atoms with Crippen molar-refractivity contribution in [2.24, 2.45) is 5.92 Å². The van der Waals surface area contributed by atoms with E-state index in [4.69, 9.17) is 4.52 Å². The van der Waals surface area contributed by atoms with Crippen LogP contribution in [0, 0.1) is 5.92 Å². The van der Waals surface area contributed by atoms with Crippen molar-refractivity contribution in [1.82, 2.24) is 15.0 Å². The number of hydrogen-bond donors (Lipinski definition) is 0. The van der Waals surface area contributed by atoms with Gasteiger partial charge in [0.1, 0.15) is 0 Å². The summed E-state index contributed by atoms with van der Waals surface area (Å²) in [6, 6.07) is 0.721. The third-order valence-electron chi connectivity index (χ3n) is 4.39. The molecule has 2 aliphatic heterocycles. The van der Waals surface area contributed by atoms with E-state index < -0.39 is 0 Å². The van der Waals surface area contributed by atoms with Crippen LogP contribution in [0.25, 0.3) is 0 Å². The molecule has 1 aromatic rings. The third kappa shape index (κ3) is 4.42. The Morgan fingerprint density at radius 2 is 2.05 bits per heavy atom. The van der Waals surface area contributed by atoms with E-state index >= 15 is 0 Å². The molecule has 22 heavy (non-hydrogen) atoms. The first kappa shape index (κ1) is 16.7. The van der Waals surface area contributed by atoms with Crippen LogP contribution in [0.15, 0.2) is 4.52 Å². The molecule has 3 heterocycles. The summed E-state index contributed by atoms with van der Waals surface area (Å²) in [5, 5.41) is 4.17. The van der Waals surface area contributed by atoms with E-state index in [0.29, 0.717) is 11.8 Å². The van der Waals surface area contributed by atoms with E-state index in [1.54, 1.807) is 0 Å². The highest BCUT2D eigenvalue weighted by atomic mass is 32.2. The minimum atomic E-state index is 0.431. The van der Waals surface area contributed by atoms with Crippen molar-refractivity contribution in [2.45, 2.75) is 45.1 Å². The van der Waals surface area contributed by atoms with Gasteiger partial charge in [-0.25, -0.2) is 0 Å². The van der Waals surface area contributed by atoms with Crippen molar-refractivity contribution in [3.63, 3.8) is 0 Å². The second-order valence-electron chi connectivity index (χ2n) is 6.78. The quantitative estimate of drug-likeness (QED) is 0.837. The van der Waals surface area contributed by atoms with Gasteiger partial charge in [-0.05, 0) is 25.3 Å². The van der Waals surface area contributed by atoms with Crippen molar-refractivity contribution in [1.29, 1.82) is 0 Å². The maximum absolute atomic E-state index is 5.57. The van der Waals surface area contributed by atoms with Crippen LogP contribution < -0.4 is 0 Å². The van der Waals surface area contributed by atoms with Crippen LogP contribution in [0.5, 0.6) is 0 Å². The first-order valence-corrected chi connectivity index (χ1v) is 10.8.